The molecule has 54 heavy (non-hydrogen) atoms. The Morgan fingerprint density at radius 1 is 0.259 bits per heavy atom. The van der Waals surface area contributed by atoms with E-state index in [1.165, 1.54) is 70.2 Å². The van der Waals surface area contributed by atoms with Crippen LogP contribution in [0.4, 0.5) is 0 Å². The van der Waals surface area contributed by atoms with Crippen LogP contribution in [0.5, 0.6) is 0 Å². The Hall–Kier alpha value is -7.16. The largest absolute Gasteiger partial charge is 0.228 e. The minimum atomic E-state index is 0.702. The Labute approximate surface area is 312 Å². The zero-order valence-corrected chi connectivity index (χ0v) is 29.4. The number of rotatable bonds is 4. The van der Waals surface area contributed by atoms with E-state index < -0.39 is 0 Å². The molecule has 0 unspecified atom stereocenters. The van der Waals surface area contributed by atoms with Crippen LogP contribution in [0, 0.1) is 0 Å². The molecule has 2 heteroatoms. The highest BCUT2D eigenvalue weighted by Gasteiger charge is 2.20. The normalized spacial score (nSPS) is 11.7. The summed E-state index contributed by atoms with van der Waals surface area (Å²) in [6, 6.07) is 69.9. The van der Waals surface area contributed by atoms with Crippen molar-refractivity contribution in [2.24, 2.45) is 0 Å². The van der Waals surface area contributed by atoms with E-state index in [4.69, 9.17) is 9.97 Å². The van der Waals surface area contributed by atoms with Crippen molar-refractivity contribution in [2.45, 2.75) is 0 Å². The summed E-state index contributed by atoms with van der Waals surface area (Å²) in [6.45, 7) is 0. The van der Waals surface area contributed by atoms with Crippen LogP contribution in [-0.2, 0) is 0 Å². The first-order valence-electron chi connectivity index (χ1n) is 18.5. The molecular weight excluding hydrogens is 653 g/mol. The second-order valence-corrected chi connectivity index (χ2v) is 14.1. The highest BCUT2D eigenvalue weighted by Crippen LogP contribution is 2.45. The van der Waals surface area contributed by atoms with Gasteiger partial charge in [0, 0.05) is 16.7 Å². The van der Waals surface area contributed by atoms with E-state index in [9.17, 15) is 0 Å². The maximum Gasteiger partial charge on any atom is 0.160 e. The van der Waals surface area contributed by atoms with Crippen molar-refractivity contribution in [1.82, 2.24) is 9.97 Å². The quantitative estimate of drug-likeness (QED) is 0.136. The Kier molecular flexibility index (Phi) is 6.90. The van der Waals surface area contributed by atoms with E-state index in [1.54, 1.807) is 0 Å². The fourth-order valence-corrected chi connectivity index (χ4v) is 8.56. The summed E-state index contributed by atoms with van der Waals surface area (Å²) >= 11 is 0. The van der Waals surface area contributed by atoms with Crippen molar-refractivity contribution in [3.8, 4) is 45.0 Å². The lowest BCUT2D eigenvalue weighted by Gasteiger charge is -2.18. The molecule has 0 spiro atoms. The monoisotopic (exact) mass is 684 g/mol. The molecule has 0 aliphatic rings. The third-order valence-electron chi connectivity index (χ3n) is 11.0. The zero-order valence-electron chi connectivity index (χ0n) is 29.4. The Morgan fingerprint density at radius 3 is 1.35 bits per heavy atom. The summed E-state index contributed by atoms with van der Waals surface area (Å²) < 4.78 is 0. The van der Waals surface area contributed by atoms with Crippen LogP contribution in [0.1, 0.15) is 0 Å². The Balaban J connectivity index is 1.24. The lowest BCUT2D eigenvalue weighted by Crippen LogP contribution is -1.98. The molecule has 10 aromatic carbocycles. The molecule has 11 aromatic rings. The Bertz CT molecular complexity index is 3270. The van der Waals surface area contributed by atoms with Crippen molar-refractivity contribution in [2.75, 3.05) is 0 Å². The topological polar surface area (TPSA) is 25.8 Å². The molecule has 0 fully saturated rings. The molecule has 0 bridgehead atoms. The second kappa shape index (κ2) is 12.2. The molecule has 250 valence electrons. The van der Waals surface area contributed by atoms with Gasteiger partial charge in [0.15, 0.2) is 5.82 Å². The van der Waals surface area contributed by atoms with E-state index in [2.05, 4.69) is 188 Å². The fraction of sp³-hybridized carbons (Fsp3) is 0. The molecule has 0 aliphatic heterocycles. The lowest BCUT2D eigenvalue weighted by atomic mass is 9.87. The summed E-state index contributed by atoms with van der Waals surface area (Å²) in [4.78, 5) is 10.8. The van der Waals surface area contributed by atoms with Crippen LogP contribution in [0.2, 0.25) is 0 Å². The molecular formula is C52H32N2. The third-order valence-corrected chi connectivity index (χ3v) is 11.0. The molecule has 0 aliphatic carbocycles. The summed E-state index contributed by atoms with van der Waals surface area (Å²) in [7, 11) is 0. The summed E-state index contributed by atoms with van der Waals surface area (Å²) in [5.74, 6) is 0.702. The highest BCUT2D eigenvalue weighted by molar-refractivity contribution is 6.22. The van der Waals surface area contributed by atoms with Crippen molar-refractivity contribution >= 4 is 64.6 Å². The van der Waals surface area contributed by atoms with Gasteiger partial charge in [-0.25, -0.2) is 9.97 Å². The summed E-state index contributed by atoms with van der Waals surface area (Å²) in [6.07, 6.45) is 0. The molecule has 1 aromatic heterocycles. The summed E-state index contributed by atoms with van der Waals surface area (Å²) in [5, 5.41) is 14.6. The van der Waals surface area contributed by atoms with Gasteiger partial charge < -0.3 is 0 Å². The second-order valence-electron chi connectivity index (χ2n) is 14.1. The molecule has 0 saturated heterocycles. The maximum absolute atomic E-state index is 5.41. The van der Waals surface area contributed by atoms with Crippen molar-refractivity contribution in [3.63, 3.8) is 0 Å². The van der Waals surface area contributed by atoms with Gasteiger partial charge in [-0.15, -0.1) is 0 Å². The van der Waals surface area contributed by atoms with Crippen LogP contribution in [0.3, 0.4) is 0 Å². The minimum absolute atomic E-state index is 0.702. The lowest BCUT2D eigenvalue weighted by molar-refractivity contribution is 1.19. The van der Waals surface area contributed by atoms with E-state index in [-0.39, 0.29) is 0 Å². The van der Waals surface area contributed by atoms with Crippen molar-refractivity contribution in [3.05, 3.63) is 194 Å². The van der Waals surface area contributed by atoms with E-state index in [0.29, 0.717) is 5.82 Å². The van der Waals surface area contributed by atoms with Gasteiger partial charge in [-0.2, -0.15) is 0 Å². The van der Waals surface area contributed by atoms with E-state index >= 15 is 0 Å². The van der Waals surface area contributed by atoms with Crippen LogP contribution < -0.4 is 0 Å². The third kappa shape index (κ3) is 4.81. The van der Waals surface area contributed by atoms with Crippen molar-refractivity contribution < 1.29 is 0 Å². The molecule has 0 N–H and O–H groups in total. The molecule has 1 heterocycles. The number of nitrogens with zero attached hydrogens (tertiary/aromatic N) is 2. The molecule has 0 atom stereocenters. The van der Waals surface area contributed by atoms with Gasteiger partial charge in [0.2, 0.25) is 0 Å². The van der Waals surface area contributed by atoms with Crippen LogP contribution in [-0.4, -0.2) is 9.97 Å². The minimum Gasteiger partial charge on any atom is -0.228 e. The Morgan fingerprint density at radius 2 is 0.722 bits per heavy atom. The van der Waals surface area contributed by atoms with Gasteiger partial charge in [0.25, 0.3) is 0 Å². The molecule has 0 saturated carbocycles. The van der Waals surface area contributed by atoms with Gasteiger partial charge in [-0.3, -0.25) is 0 Å². The van der Waals surface area contributed by atoms with E-state index in [0.717, 1.165) is 33.6 Å². The first-order chi connectivity index (χ1) is 26.8. The molecule has 0 amide bonds. The predicted molar refractivity (Wildman–Crippen MR) is 229 cm³/mol. The highest BCUT2D eigenvalue weighted by atomic mass is 14.9. The number of hydrogen-bond acceptors (Lipinski definition) is 2. The van der Waals surface area contributed by atoms with Gasteiger partial charge >= 0.3 is 0 Å². The van der Waals surface area contributed by atoms with Gasteiger partial charge in [-0.05, 0) is 94.0 Å². The maximum atomic E-state index is 5.41. The fourth-order valence-electron chi connectivity index (χ4n) is 8.56. The average Bonchev–Trinajstić information content (AvgIpc) is 3.25. The van der Waals surface area contributed by atoms with Gasteiger partial charge in [0.1, 0.15) is 0 Å². The number of aromatic nitrogens is 2. The van der Waals surface area contributed by atoms with Crippen LogP contribution >= 0.6 is 0 Å². The van der Waals surface area contributed by atoms with Gasteiger partial charge in [0.05, 0.1) is 11.4 Å². The zero-order chi connectivity index (χ0) is 35.6. The number of benzene rings is 10. The standard InChI is InChI=1S/C52H32N2/c1-2-16-35(17-3-1)52-53-48(32-49(54-52)51-41-23-11-7-19-37(41)31-47-39-21-9-5-15-34(39)27-29-45(47)51)42-24-12-13-25-43(42)50-40-22-10-6-18-36(40)30-46-38-20-8-4-14-33(38)26-28-44(46)50/h1-32H. The number of fused-ring (bicyclic) bond motifs is 8. The number of hydrogen-bond donors (Lipinski definition) is 0. The first kappa shape index (κ1) is 30.5. The first-order valence-corrected chi connectivity index (χ1v) is 18.5. The molecule has 0 radical (unpaired) electrons. The summed E-state index contributed by atoms with van der Waals surface area (Å²) in [5.41, 5.74) is 7.32. The SMILES string of the molecule is c1ccc(-c2nc(-c3ccccc3-c3c4ccccc4cc4c3ccc3ccccc34)cc(-c3c4ccccc4cc4c3ccc3ccccc34)n2)cc1. The predicted octanol–water partition coefficient (Wildman–Crippen LogP) is 14.1. The van der Waals surface area contributed by atoms with Crippen molar-refractivity contribution in [1.29, 1.82) is 0 Å². The molecule has 11 rings (SSSR count). The molecule has 2 nitrogen and oxygen atoms in total. The average molecular weight is 685 g/mol. The van der Waals surface area contributed by atoms with E-state index in [1.807, 2.05) is 6.07 Å². The smallest absolute Gasteiger partial charge is 0.160 e. The van der Waals surface area contributed by atoms with Crippen LogP contribution in [0.25, 0.3) is 110 Å². The van der Waals surface area contributed by atoms with Crippen LogP contribution in [0.15, 0.2) is 194 Å². The van der Waals surface area contributed by atoms with Gasteiger partial charge in [-0.1, -0.05) is 176 Å².